The maximum Gasteiger partial charge on any atom is 0.315 e. The van der Waals surface area contributed by atoms with Crippen LogP contribution in [0.2, 0.25) is 0 Å². The van der Waals surface area contributed by atoms with Crippen LogP contribution in [-0.2, 0) is 11.3 Å². The molecule has 0 unspecified atom stereocenters. The predicted molar refractivity (Wildman–Crippen MR) is 59.1 cm³/mol. The van der Waals surface area contributed by atoms with Crippen LogP contribution in [0.3, 0.4) is 0 Å². The number of hydrogen-bond donors (Lipinski definition) is 2. The maximum atomic E-state index is 5.39. The van der Waals surface area contributed by atoms with E-state index in [0.29, 0.717) is 24.4 Å². The summed E-state index contributed by atoms with van der Waals surface area (Å²) in [5.74, 6) is 1.25. The highest BCUT2D eigenvalue weighted by molar-refractivity contribution is 5.16. The van der Waals surface area contributed by atoms with Crippen LogP contribution in [0.4, 0.5) is 6.01 Å². The molecule has 2 heterocycles. The first-order valence-electron chi connectivity index (χ1n) is 5.67. The number of aromatic nitrogens is 2. The van der Waals surface area contributed by atoms with Crippen molar-refractivity contribution in [3.05, 3.63) is 5.89 Å². The highest BCUT2D eigenvalue weighted by Crippen LogP contribution is 2.15. The second kappa shape index (κ2) is 5.81. The van der Waals surface area contributed by atoms with Crippen molar-refractivity contribution in [2.45, 2.75) is 19.4 Å². The summed E-state index contributed by atoms with van der Waals surface area (Å²) in [6, 6.07) is 0.511. The van der Waals surface area contributed by atoms with E-state index in [1.807, 2.05) is 7.05 Å². The molecule has 16 heavy (non-hydrogen) atoms. The minimum atomic E-state index is 0.511. The number of hydrogen-bond acceptors (Lipinski definition) is 6. The molecule has 1 aliphatic heterocycles. The molecular weight excluding hydrogens is 208 g/mol. The zero-order chi connectivity index (χ0) is 11.2. The van der Waals surface area contributed by atoms with Gasteiger partial charge in [0.2, 0.25) is 5.89 Å². The summed E-state index contributed by atoms with van der Waals surface area (Å²) in [7, 11) is 1.85. The molecule has 1 aromatic rings. The van der Waals surface area contributed by atoms with Crippen LogP contribution in [0.1, 0.15) is 18.7 Å². The standard InChI is InChI=1S/C10H18N4O2/c1-11-7-9-13-14-10(16-9)12-6-8-2-4-15-5-3-8/h8,11H,2-7H2,1H3,(H,12,14). The SMILES string of the molecule is CNCc1nnc(NCC2CCOCC2)o1. The quantitative estimate of drug-likeness (QED) is 0.767. The van der Waals surface area contributed by atoms with Crippen molar-refractivity contribution >= 4 is 6.01 Å². The molecule has 6 heteroatoms. The van der Waals surface area contributed by atoms with Gasteiger partial charge in [0.25, 0.3) is 0 Å². The number of ether oxygens (including phenoxy) is 1. The zero-order valence-electron chi connectivity index (χ0n) is 9.53. The third-order valence-electron chi connectivity index (χ3n) is 2.68. The molecule has 0 radical (unpaired) electrons. The average molecular weight is 226 g/mol. The lowest BCUT2D eigenvalue weighted by Gasteiger charge is -2.21. The Morgan fingerprint density at radius 3 is 2.88 bits per heavy atom. The largest absolute Gasteiger partial charge is 0.407 e. The minimum Gasteiger partial charge on any atom is -0.407 e. The molecule has 1 fully saturated rings. The van der Waals surface area contributed by atoms with Crippen LogP contribution in [0.5, 0.6) is 0 Å². The van der Waals surface area contributed by atoms with E-state index in [0.717, 1.165) is 32.6 Å². The van der Waals surface area contributed by atoms with Gasteiger partial charge < -0.3 is 19.8 Å². The lowest BCUT2D eigenvalue weighted by Crippen LogP contribution is -2.22. The van der Waals surface area contributed by atoms with Crippen molar-refractivity contribution in [2.75, 3.05) is 32.1 Å². The van der Waals surface area contributed by atoms with Crippen molar-refractivity contribution in [1.29, 1.82) is 0 Å². The molecule has 0 amide bonds. The van der Waals surface area contributed by atoms with E-state index in [9.17, 15) is 0 Å². The Morgan fingerprint density at radius 2 is 2.12 bits per heavy atom. The lowest BCUT2D eigenvalue weighted by atomic mass is 10.0. The van der Waals surface area contributed by atoms with Crippen molar-refractivity contribution in [3.8, 4) is 0 Å². The van der Waals surface area contributed by atoms with Gasteiger partial charge in [-0.15, -0.1) is 5.10 Å². The molecule has 90 valence electrons. The molecule has 0 bridgehead atoms. The zero-order valence-corrected chi connectivity index (χ0v) is 9.53. The van der Waals surface area contributed by atoms with E-state index in [1.54, 1.807) is 0 Å². The van der Waals surface area contributed by atoms with E-state index in [-0.39, 0.29) is 0 Å². The molecule has 0 aliphatic carbocycles. The van der Waals surface area contributed by atoms with Gasteiger partial charge in [-0.3, -0.25) is 0 Å². The fourth-order valence-electron chi connectivity index (χ4n) is 1.73. The second-order valence-electron chi connectivity index (χ2n) is 3.97. The summed E-state index contributed by atoms with van der Waals surface area (Å²) >= 11 is 0. The van der Waals surface area contributed by atoms with Gasteiger partial charge >= 0.3 is 6.01 Å². The Morgan fingerprint density at radius 1 is 1.31 bits per heavy atom. The maximum absolute atomic E-state index is 5.39. The fourth-order valence-corrected chi connectivity index (χ4v) is 1.73. The molecular formula is C10H18N4O2. The molecule has 0 atom stereocenters. The van der Waals surface area contributed by atoms with Crippen molar-refractivity contribution < 1.29 is 9.15 Å². The predicted octanol–water partition coefficient (Wildman–Crippen LogP) is 0.627. The Balaban J connectivity index is 1.75. The molecule has 0 spiro atoms. The van der Waals surface area contributed by atoms with Crippen molar-refractivity contribution in [3.63, 3.8) is 0 Å². The second-order valence-corrected chi connectivity index (χ2v) is 3.97. The monoisotopic (exact) mass is 226 g/mol. The van der Waals surface area contributed by atoms with E-state index in [1.165, 1.54) is 0 Å². The van der Waals surface area contributed by atoms with Crippen LogP contribution >= 0.6 is 0 Å². The average Bonchev–Trinajstić information content (AvgIpc) is 2.76. The Bertz CT molecular complexity index is 310. The highest BCUT2D eigenvalue weighted by atomic mass is 16.5. The fraction of sp³-hybridized carbons (Fsp3) is 0.800. The number of nitrogens with one attached hydrogen (secondary N) is 2. The molecule has 0 aromatic carbocycles. The van der Waals surface area contributed by atoms with Gasteiger partial charge in [-0.2, -0.15) is 0 Å². The molecule has 1 aliphatic rings. The topological polar surface area (TPSA) is 72.2 Å². The van der Waals surface area contributed by atoms with Crippen LogP contribution in [0.25, 0.3) is 0 Å². The molecule has 0 saturated carbocycles. The first kappa shape index (κ1) is 11.3. The normalized spacial score (nSPS) is 17.6. The smallest absolute Gasteiger partial charge is 0.315 e. The molecule has 2 rings (SSSR count). The van der Waals surface area contributed by atoms with Gasteiger partial charge in [-0.1, -0.05) is 5.10 Å². The van der Waals surface area contributed by atoms with Gasteiger partial charge in [0.1, 0.15) is 0 Å². The summed E-state index contributed by atoms with van der Waals surface area (Å²) in [5.41, 5.74) is 0. The van der Waals surface area contributed by atoms with E-state index in [2.05, 4.69) is 20.8 Å². The summed E-state index contributed by atoms with van der Waals surface area (Å²) in [4.78, 5) is 0. The van der Waals surface area contributed by atoms with E-state index >= 15 is 0 Å². The van der Waals surface area contributed by atoms with Crippen LogP contribution in [0.15, 0.2) is 4.42 Å². The first-order chi connectivity index (χ1) is 7.88. The first-order valence-corrected chi connectivity index (χ1v) is 5.67. The van der Waals surface area contributed by atoms with Gasteiger partial charge in [0.15, 0.2) is 0 Å². The Hall–Kier alpha value is -1.14. The van der Waals surface area contributed by atoms with E-state index < -0.39 is 0 Å². The van der Waals surface area contributed by atoms with Crippen LogP contribution in [0, 0.1) is 5.92 Å². The molecule has 6 nitrogen and oxygen atoms in total. The van der Waals surface area contributed by atoms with Crippen LogP contribution < -0.4 is 10.6 Å². The van der Waals surface area contributed by atoms with Gasteiger partial charge in [-0.25, -0.2) is 0 Å². The number of anilines is 1. The third kappa shape index (κ3) is 3.18. The Kier molecular flexibility index (Phi) is 4.12. The summed E-state index contributed by atoms with van der Waals surface area (Å²) in [5, 5.41) is 14.0. The summed E-state index contributed by atoms with van der Waals surface area (Å²) in [6.45, 7) is 3.21. The lowest BCUT2D eigenvalue weighted by molar-refractivity contribution is 0.0698. The number of rotatable bonds is 5. The van der Waals surface area contributed by atoms with Gasteiger partial charge in [-0.05, 0) is 25.8 Å². The Labute approximate surface area is 94.8 Å². The summed E-state index contributed by atoms with van der Waals surface area (Å²) in [6.07, 6.45) is 2.20. The summed E-state index contributed by atoms with van der Waals surface area (Å²) < 4.78 is 10.7. The molecule has 2 N–H and O–H groups in total. The van der Waals surface area contributed by atoms with Crippen molar-refractivity contribution in [1.82, 2.24) is 15.5 Å². The van der Waals surface area contributed by atoms with Crippen LogP contribution in [-0.4, -0.2) is 37.0 Å². The minimum absolute atomic E-state index is 0.511. The molecule has 1 aromatic heterocycles. The van der Waals surface area contributed by atoms with Crippen molar-refractivity contribution in [2.24, 2.45) is 5.92 Å². The van der Waals surface area contributed by atoms with Gasteiger partial charge in [0, 0.05) is 19.8 Å². The van der Waals surface area contributed by atoms with Gasteiger partial charge in [0.05, 0.1) is 6.54 Å². The number of nitrogens with zero attached hydrogens (tertiary/aromatic N) is 2. The third-order valence-corrected chi connectivity index (χ3v) is 2.68. The molecule has 1 saturated heterocycles. The van der Waals surface area contributed by atoms with E-state index in [4.69, 9.17) is 9.15 Å². The highest BCUT2D eigenvalue weighted by Gasteiger charge is 2.14.